The van der Waals surface area contributed by atoms with Crippen LogP contribution in [0.5, 0.6) is 11.5 Å². The van der Waals surface area contributed by atoms with Crippen LogP contribution in [0.3, 0.4) is 0 Å². The van der Waals surface area contributed by atoms with Gasteiger partial charge in [0.1, 0.15) is 11.5 Å². The highest BCUT2D eigenvalue weighted by Gasteiger charge is 2.18. The quantitative estimate of drug-likeness (QED) is 0.579. The molecule has 3 aromatic rings. The second-order valence-corrected chi connectivity index (χ2v) is 7.30. The topological polar surface area (TPSA) is 38.8 Å². The molecule has 27 heavy (non-hydrogen) atoms. The number of nitrogens with zero attached hydrogens (tertiary/aromatic N) is 1. The maximum atomic E-state index is 13.0. The van der Waals surface area contributed by atoms with E-state index >= 15 is 0 Å². The van der Waals surface area contributed by atoms with Gasteiger partial charge in [0.25, 0.3) is 5.91 Å². The van der Waals surface area contributed by atoms with Crippen LogP contribution in [-0.4, -0.2) is 19.6 Å². The molecule has 0 saturated heterocycles. The van der Waals surface area contributed by atoms with E-state index in [1.165, 1.54) is 0 Å². The first-order valence-electron chi connectivity index (χ1n) is 8.74. The van der Waals surface area contributed by atoms with E-state index in [2.05, 4.69) is 0 Å². The van der Waals surface area contributed by atoms with Gasteiger partial charge in [0.15, 0.2) is 6.61 Å². The molecule has 0 unspecified atom stereocenters. The third-order valence-electron chi connectivity index (χ3n) is 4.33. The van der Waals surface area contributed by atoms with E-state index in [4.69, 9.17) is 9.47 Å². The van der Waals surface area contributed by atoms with E-state index in [0.717, 1.165) is 33.2 Å². The van der Waals surface area contributed by atoms with Gasteiger partial charge in [0, 0.05) is 10.6 Å². The van der Waals surface area contributed by atoms with Gasteiger partial charge in [0.05, 0.1) is 13.7 Å². The van der Waals surface area contributed by atoms with Crippen LogP contribution < -0.4 is 14.4 Å². The van der Waals surface area contributed by atoms with Crippen molar-refractivity contribution in [3.05, 3.63) is 76.0 Å². The predicted octanol–water partition coefficient (Wildman–Crippen LogP) is 4.99. The highest BCUT2D eigenvalue weighted by molar-refractivity contribution is 7.09. The Kier molecular flexibility index (Phi) is 6.14. The summed E-state index contributed by atoms with van der Waals surface area (Å²) in [7, 11) is 1.63. The molecule has 0 saturated carbocycles. The number of carbonyl (C=O) groups is 1. The monoisotopic (exact) mass is 381 g/mol. The van der Waals surface area contributed by atoms with Crippen molar-refractivity contribution in [2.45, 2.75) is 20.4 Å². The number of para-hydroxylation sites is 1. The first-order chi connectivity index (χ1) is 13.1. The number of carbonyl (C=O) groups excluding carboxylic acids is 1. The van der Waals surface area contributed by atoms with Gasteiger partial charge in [-0.25, -0.2) is 0 Å². The fraction of sp³-hybridized carbons (Fsp3) is 0.227. The van der Waals surface area contributed by atoms with E-state index in [9.17, 15) is 4.79 Å². The third-order valence-corrected chi connectivity index (χ3v) is 5.19. The maximum Gasteiger partial charge on any atom is 0.265 e. The van der Waals surface area contributed by atoms with E-state index in [0.29, 0.717) is 6.54 Å². The second-order valence-electron chi connectivity index (χ2n) is 6.27. The summed E-state index contributed by atoms with van der Waals surface area (Å²) in [6, 6.07) is 17.5. The average molecular weight is 381 g/mol. The van der Waals surface area contributed by atoms with Gasteiger partial charge in [-0.05, 0) is 60.7 Å². The Morgan fingerprint density at radius 1 is 1.00 bits per heavy atom. The van der Waals surface area contributed by atoms with Gasteiger partial charge in [-0.2, -0.15) is 0 Å². The van der Waals surface area contributed by atoms with E-state index in [1.807, 2.05) is 73.8 Å². The van der Waals surface area contributed by atoms with Gasteiger partial charge in [-0.3, -0.25) is 4.79 Å². The van der Waals surface area contributed by atoms with Gasteiger partial charge in [-0.15, -0.1) is 11.3 Å². The van der Waals surface area contributed by atoms with E-state index < -0.39 is 0 Å². The predicted molar refractivity (Wildman–Crippen MR) is 110 cm³/mol. The van der Waals surface area contributed by atoms with Crippen LogP contribution in [0, 0.1) is 13.8 Å². The minimum absolute atomic E-state index is 0.0108. The summed E-state index contributed by atoms with van der Waals surface area (Å²) >= 11 is 1.63. The van der Waals surface area contributed by atoms with Crippen molar-refractivity contribution in [3.8, 4) is 11.5 Å². The zero-order chi connectivity index (χ0) is 19.2. The number of benzene rings is 2. The maximum absolute atomic E-state index is 13.0. The highest BCUT2D eigenvalue weighted by atomic mass is 32.1. The normalized spacial score (nSPS) is 10.5. The molecule has 3 rings (SSSR count). The van der Waals surface area contributed by atoms with Crippen LogP contribution >= 0.6 is 11.3 Å². The van der Waals surface area contributed by atoms with Crippen molar-refractivity contribution in [2.75, 3.05) is 18.6 Å². The molecule has 0 spiro atoms. The summed E-state index contributed by atoms with van der Waals surface area (Å²) in [5, 5.41) is 2.01. The summed E-state index contributed by atoms with van der Waals surface area (Å²) in [5.41, 5.74) is 2.87. The molecule has 1 aromatic heterocycles. The molecule has 4 nitrogen and oxygen atoms in total. The number of hydrogen-bond acceptors (Lipinski definition) is 4. The summed E-state index contributed by atoms with van der Waals surface area (Å²) < 4.78 is 11.1. The Bertz CT molecular complexity index is 868. The van der Waals surface area contributed by atoms with Gasteiger partial charge in [0.2, 0.25) is 0 Å². The third kappa shape index (κ3) is 4.68. The molecule has 140 valence electrons. The van der Waals surface area contributed by atoms with Gasteiger partial charge >= 0.3 is 0 Å². The molecule has 0 bridgehead atoms. The lowest BCUT2D eigenvalue weighted by Gasteiger charge is -2.23. The van der Waals surface area contributed by atoms with Crippen molar-refractivity contribution >= 4 is 22.9 Å². The van der Waals surface area contributed by atoms with Crippen LogP contribution in [0.4, 0.5) is 5.69 Å². The number of methoxy groups -OCH3 is 1. The average Bonchev–Trinajstić information content (AvgIpc) is 3.19. The Balaban J connectivity index is 1.79. The highest BCUT2D eigenvalue weighted by Crippen LogP contribution is 2.25. The van der Waals surface area contributed by atoms with Crippen LogP contribution in [-0.2, 0) is 11.3 Å². The standard InChI is InChI=1S/C22H23NO3S/c1-16-6-4-7-17(2)22(16)26-15-21(24)23(14-20-8-5-13-27-20)18-9-11-19(25-3)12-10-18/h4-13H,14-15H2,1-3H3. The molecule has 0 aliphatic rings. The van der Waals surface area contributed by atoms with Crippen molar-refractivity contribution in [1.29, 1.82) is 0 Å². The van der Waals surface area contributed by atoms with Crippen LogP contribution in [0.25, 0.3) is 0 Å². The zero-order valence-corrected chi connectivity index (χ0v) is 16.6. The zero-order valence-electron chi connectivity index (χ0n) is 15.8. The van der Waals surface area contributed by atoms with Crippen molar-refractivity contribution in [2.24, 2.45) is 0 Å². The SMILES string of the molecule is COc1ccc(N(Cc2cccs2)C(=O)COc2c(C)cccc2C)cc1. The number of anilines is 1. The largest absolute Gasteiger partial charge is 0.497 e. The number of ether oxygens (including phenoxy) is 2. The van der Waals surface area contributed by atoms with E-state index in [-0.39, 0.29) is 12.5 Å². The Labute approximate surface area is 164 Å². The molecule has 0 aliphatic heterocycles. The first kappa shape index (κ1) is 19.0. The van der Waals surface area contributed by atoms with Crippen molar-refractivity contribution in [3.63, 3.8) is 0 Å². The minimum Gasteiger partial charge on any atom is -0.497 e. The first-order valence-corrected chi connectivity index (χ1v) is 9.62. The number of aryl methyl sites for hydroxylation is 2. The van der Waals surface area contributed by atoms with E-state index in [1.54, 1.807) is 23.3 Å². The molecule has 0 N–H and O–H groups in total. The second kappa shape index (κ2) is 8.73. The summed E-state index contributed by atoms with van der Waals surface area (Å²) in [6.45, 7) is 4.47. The van der Waals surface area contributed by atoms with Crippen molar-refractivity contribution in [1.82, 2.24) is 0 Å². The smallest absolute Gasteiger partial charge is 0.265 e. The molecule has 2 aromatic carbocycles. The molecule has 1 heterocycles. The summed E-state index contributed by atoms with van der Waals surface area (Å²) in [4.78, 5) is 15.9. The molecule has 0 radical (unpaired) electrons. The number of hydrogen-bond donors (Lipinski definition) is 0. The van der Waals surface area contributed by atoms with Crippen LogP contribution in [0.2, 0.25) is 0 Å². The fourth-order valence-corrected chi connectivity index (χ4v) is 3.58. The number of amides is 1. The van der Waals surface area contributed by atoms with Crippen LogP contribution in [0.1, 0.15) is 16.0 Å². The number of thiophene rings is 1. The van der Waals surface area contributed by atoms with Gasteiger partial charge in [-0.1, -0.05) is 24.3 Å². The van der Waals surface area contributed by atoms with Crippen molar-refractivity contribution < 1.29 is 14.3 Å². The molecule has 5 heteroatoms. The Hall–Kier alpha value is -2.79. The molecule has 1 amide bonds. The van der Waals surface area contributed by atoms with Gasteiger partial charge < -0.3 is 14.4 Å². The lowest BCUT2D eigenvalue weighted by atomic mass is 10.1. The lowest BCUT2D eigenvalue weighted by Crippen LogP contribution is -2.34. The molecule has 0 fully saturated rings. The summed E-state index contributed by atoms with van der Waals surface area (Å²) in [6.07, 6.45) is 0. The molecule has 0 aliphatic carbocycles. The summed E-state index contributed by atoms with van der Waals surface area (Å²) in [5.74, 6) is 1.45. The molecular weight excluding hydrogens is 358 g/mol. The fourth-order valence-electron chi connectivity index (χ4n) is 2.88. The Morgan fingerprint density at radius 3 is 2.30 bits per heavy atom. The lowest BCUT2D eigenvalue weighted by molar-refractivity contribution is -0.120. The molecular formula is C22H23NO3S. The van der Waals surface area contributed by atoms with Crippen LogP contribution in [0.15, 0.2) is 60.0 Å². The minimum atomic E-state index is -0.0868. The molecule has 0 atom stereocenters. The Morgan fingerprint density at radius 2 is 1.70 bits per heavy atom. The number of rotatable bonds is 7.